The highest BCUT2D eigenvalue weighted by molar-refractivity contribution is 6.39. The van der Waals surface area contributed by atoms with Gasteiger partial charge in [0.05, 0.1) is 13.7 Å². The van der Waals surface area contributed by atoms with Gasteiger partial charge in [0.2, 0.25) is 0 Å². The normalized spacial score (nSPS) is 9.92. The smallest absolute Gasteiger partial charge is 0.313 e. The third-order valence-corrected chi connectivity index (χ3v) is 3.47. The van der Waals surface area contributed by atoms with Gasteiger partial charge in [-0.15, -0.1) is 0 Å². The van der Waals surface area contributed by atoms with E-state index in [-0.39, 0.29) is 18.9 Å². The molecule has 0 radical (unpaired) electrons. The van der Waals surface area contributed by atoms with Crippen LogP contribution in [0.3, 0.4) is 0 Å². The van der Waals surface area contributed by atoms with Crippen molar-refractivity contribution in [3.8, 4) is 11.5 Å². The van der Waals surface area contributed by atoms with Crippen LogP contribution in [-0.4, -0.2) is 37.9 Å². The largest absolute Gasteiger partial charge is 0.497 e. The van der Waals surface area contributed by atoms with Crippen molar-refractivity contribution in [3.05, 3.63) is 54.1 Å². The van der Waals surface area contributed by atoms with Gasteiger partial charge < -0.3 is 20.1 Å². The second-order valence-corrected chi connectivity index (χ2v) is 5.37. The van der Waals surface area contributed by atoms with E-state index in [1.165, 1.54) is 6.92 Å². The number of hydrogen-bond donors (Lipinski definition) is 2. The van der Waals surface area contributed by atoms with E-state index in [1.807, 2.05) is 0 Å². The zero-order chi connectivity index (χ0) is 18.9. The van der Waals surface area contributed by atoms with Crippen molar-refractivity contribution in [1.29, 1.82) is 0 Å². The van der Waals surface area contributed by atoms with E-state index in [1.54, 1.807) is 55.6 Å². The number of ketones is 1. The number of benzene rings is 2. The number of anilines is 1. The van der Waals surface area contributed by atoms with Gasteiger partial charge in [-0.05, 0) is 55.5 Å². The lowest BCUT2D eigenvalue weighted by molar-refractivity contribution is -0.136. The van der Waals surface area contributed by atoms with E-state index in [2.05, 4.69) is 10.6 Å². The summed E-state index contributed by atoms with van der Waals surface area (Å²) in [6.07, 6.45) is 0. The number of carbonyl (C=O) groups is 3. The van der Waals surface area contributed by atoms with E-state index in [4.69, 9.17) is 9.47 Å². The second kappa shape index (κ2) is 9.22. The van der Waals surface area contributed by atoms with Crippen molar-refractivity contribution >= 4 is 23.3 Å². The van der Waals surface area contributed by atoms with Crippen LogP contribution in [0.1, 0.15) is 17.3 Å². The second-order valence-electron chi connectivity index (χ2n) is 5.37. The first-order chi connectivity index (χ1) is 12.5. The highest BCUT2D eigenvalue weighted by atomic mass is 16.5. The number of nitrogens with one attached hydrogen (secondary N) is 2. The minimum absolute atomic E-state index is 0.0718. The van der Waals surface area contributed by atoms with Crippen molar-refractivity contribution in [2.75, 3.05) is 25.6 Å². The van der Waals surface area contributed by atoms with Gasteiger partial charge in [-0.3, -0.25) is 14.4 Å². The molecule has 0 fully saturated rings. The van der Waals surface area contributed by atoms with Crippen LogP contribution < -0.4 is 20.1 Å². The van der Waals surface area contributed by atoms with Crippen molar-refractivity contribution < 1.29 is 23.9 Å². The fraction of sp³-hybridized carbons (Fsp3) is 0.211. The summed E-state index contributed by atoms with van der Waals surface area (Å²) in [5.74, 6) is -0.268. The molecule has 0 saturated carbocycles. The Labute approximate surface area is 151 Å². The number of methoxy groups -OCH3 is 1. The first kappa shape index (κ1) is 19.0. The summed E-state index contributed by atoms with van der Waals surface area (Å²) < 4.78 is 10.5. The van der Waals surface area contributed by atoms with E-state index in [0.717, 1.165) is 5.75 Å². The maximum atomic E-state index is 11.8. The molecule has 0 aliphatic carbocycles. The van der Waals surface area contributed by atoms with Crippen LogP contribution in [0.15, 0.2) is 48.5 Å². The van der Waals surface area contributed by atoms with Gasteiger partial charge in [-0.2, -0.15) is 0 Å². The van der Waals surface area contributed by atoms with Crippen molar-refractivity contribution in [3.63, 3.8) is 0 Å². The van der Waals surface area contributed by atoms with Gasteiger partial charge in [0.1, 0.15) is 18.1 Å². The molecule has 7 nitrogen and oxygen atoms in total. The molecule has 2 rings (SSSR count). The molecule has 0 unspecified atom stereocenters. The van der Waals surface area contributed by atoms with E-state index in [0.29, 0.717) is 17.0 Å². The molecule has 136 valence electrons. The van der Waals surface area contributed by atoms with Crippen LogP contribution in [-0.2, 0) is 9.59 Å². The minimum Gasteiger partial charge on any atom is -0.497 e. The molecular weight excluding hydrogens is 336 g/mol. The third kappa shape index (κ3) is 5.62. The fourth-order valence-corrected chi connectivity index (χ4v) is 2.06. The summed E-state index contributed by atoms with van der Waals surface area (Å²) in [6.45, 7) is 1.86. The zero-order valence-electron chi connectivity index (χ0n) is 14.6. The molecule has 2 aromatic rings. The van der Waals surface area contributed by atoms with Crippen molar-refractivity contribution in [1.82, 2.24) is 5.32 Å². The number of rotatable bonds is 7. The lowest BCUT2D eigenvalue weighted by Crippen LogP contribution is -2.37. The van der Waals surface area contributed by atoms with Gasteiger partial charge in [-0.25, -0.2) is 0 Å². The lowest BCUT2D eigenvalue weighted by atomic mass is 10.1. The zero-order valence-corrected chi connectivity index (χ0v) is 14.6. The number of ether oxygens (including phenoxy) is 2. The molecule has 0 aliphatic heterocycles. The first-order valence-corrected chi connectivity index (χ1v) is 7.96. The Kier molecular flexibility index (Phi) is 6.73. The first-order valence-electron chi connectivity index (χ1n) is 7.96. The van der Waals surface area contributed by atoms with Gasteiger partial charge in [0.25, 0.3) is 0 Å². The molecule has 0 aromatic heterocycles. The maximum Gasteiger partial charge on any atom is 0.313 e. The van der Waals surface area contributed by atoms with Gasteiger partial charge in [-0.1, -0.05) is 0 Å². The molecule has 0 bridgehead atoms. The molecule has 2 amide bonds. The Bertz CT molecular complexity index is 770. The Morgan fingerprint density at radius 2 is 1.50 bits per heavy atom. The average Bonchev–Trinajstić information content (AvgIpc) is 2.66. The Morgan fingerprint density at radius 3 is 2.08 bits per heavy atom. The Morgan fingerprint density at radius 1 is 0.885 bits per heavy atom. The highest BCUT2D eigenvalue weighted by Gasteiger charge is 2.13. The molecular formula is C19H20N2O5. The quantitative estimate of drug-likeness (QED) is 0.450. The van der Waals surface area contributed by atoms with Crippen molar-refractivity contribution in [2.45, 2.75) is 6.92 Å². The summed E-state index contributed by atoms with van der Waals surface area (Å²) >= 11 is 0. The summed E-state index contributed by atoms with van der Waals surface area (Å²) in [7, 11) is 1.58. The number of amides is 2. The van der Waals surface area contributed by atoms with Crippen molar-refractivity contribution in [2.24, 2.45) is 0 Å². The van der Waals surface area contributed by atoms with E-state index in [9.17, 15) is 14.4 Å². The summed E-state index contributed by atoms with van der Waals surface area (Å²) in [5, 5.41) is 4.93. The van der Waals surface area contributed by atoms with Crippen LogP contribution in [0.25, 0.3) is 0 Å². The molecule has 7 heteroatoms. The van der Waals surface area contributed by atoms with Crippen LogP contribution in [0.2, 0.25) is 0 Å². The van der Waals surface area contributed by atoms with Gasteiger partial charge in [0, 0.05) is 11.3 Å². The van der Waals surface area contributed by atoms with E-state index >= 15 is 0 Å². The maximum absolute atomic E-state index is 11.8. The summed E-state index contributed by atoms with van der Waals surface area (Å²) in [5.41, 5.74) is 0.966. The van der Waals surface area contributed by atoms with Crippen LogP contribution >= 0.6 is 0 Å². The fourth-order valence-electron chi connectivity index (χ4n) is 2.06. The summed E-state index contributed by atoms with van der Waals surface area (Å²) in [4.78, 5) is 34.8. The topological polar surface area (TPSA) is 93.7 Å². The molecule has 0 spiro atoms. The molecule has 0 saturated heterocycles. The van der Waals surface area contributed by atoms with Gasteiger partial charge in [0.15, 0.2) is 5.78 Å². The monoisotopic (exact) mass is 356 g/mol. The number of Topliss-reactive ketones (excluding diaryl/α,β-unsaturated/α-hetero) is 1. The molecule has 0 heterocycles. The average molecular weight is 356 g/mol. The minimum atomic E-state index is -0.787. The Balaban J connectivity index is 1.72. The molecule has 2 aromatic carbocycles. The number of carbonyl (C=O) groups excluding carboxylic acids is 3. The highest BCUT2D eigenvalue weighted by Crippen LogP contribution is 2.16. The van der Waals surface area contributed by atoms with Crippen LogP contribution in [0.5, 0.6) is 11.5 Å². The van der Waals surface area contributed by atoms with Crippen LogP contribution in [0.4, 0.5) is 5.69 Å². The predicted molar refractivity (Wildman–Crippen MR) is 96.6 cm³/mol. The third-order valence-electron chi connectivity index (χ3n) is 3.47. The molecule has 0 atom stereocenters. The standard InChI is InChI=1S/C19H20N2O5/c1-13(22)14-3-5-15(6-4-14)21-19(24)18(23)20-11-12-26-17-9-7-16(25-2)8-10-17/h3-10H,11-12H2,1-2H3,(H,20,23)(H,21,24). The molecule has 26 heavy (non-hydrogen) atoms. The van der Waals surface area contributed by atoms with Gasteiger partial charge >= 0.3 is 11.8 Å². The lowest BCUT2D eigenvalue weighted by Gasteiger charge is -2.09. The number of hydrogen-bond acceptors (Lipinski definition) is 5. The van der Waals surface area contributed by atoms with E-state index < -0.39 is 11.8 Å². The van der Waals surface area contributed by atoms with Crippen LogP contribution in [0, 0.1) is 0 Å². The Hall–Kier alpha value is -3.35. The summed E-state index contributed by atoms with van der Waals surface area (Å²) in [6, 6.07) is 13.3. The SMILES string of the molecule is COc1ccc(OCCNC(=O)C(=O)Nc2ccc(C(C)=O)cc2)cc1. The molecule has 0 aliphatic rings. The predicted octanol–water partition coefficient (Wildman–Crippen LogP) is 2.03. The molecule has 2 N–H and O–H groups in total.